The normalized spacial score (nSPS) is 19.7. The first-order chi connectivity index (χ1) is 7.09. The van der Waals surface area contributed by atoms with E-state index in [1.54, 1.807) is 0 Å². The fraction of sp³-hybridized carbons (Fsp3) is 0.300. The van der Waals surface area contributed by atoms with Gasteiger partial charge in [0.25, 0.3) is 0 Å². The molecule has 1 aliphatic rings. The van der Waals surface area contributed by atoms with Crippen molar-refractivity contribution in [2.24, 2.45) is 0 Å². The molecule has 1 atom stereocenters. The predicted octanol–water partition coefficient (Wildman–Crippen LogP) is 1.24. The first-order valence-corrected chi connectivity index (χ1v) is 4.51. The number of rotatable bonds is 1. The van der Waals surface area contributed by atoms with Crippen LogP contribution < -0.4 is 5.32 Å². The maximum atomic E-state index is 13.3. The van der Waals surface area contributed by atoms with E-state index in [0.717, 1.165) is 12.1 Å². The Bertz CT molecular complexity index is 420. The van der Waals surface area contributed by atoms with Crippen LogP contribution in [0.4, 0.5) is 8.78 Å². The maximum absolute atomic E-state index is 13.3. The highest BCUT2D eigenvalue weighted by molar-refractivity contribution is 5.77. The molecule has 15 heavy (non-hydrogen) atoms. The van der Waals surface area contributed by atoms with E-state index in [9.17, 15) is 13.6 Å². The second kappa shape index (κ2) is 3.58. The van der Waals surface area contributed by atoms with Crippen LogP contribution in [0, 0.1) is 11.6 Å². The number of fused-ring (bicyclic) bond motifs is 1. The largest absolute Gasteiger partial charge is 0.481 e. The molecule has 0 aliphatic carbocycles. The van der Waals surface area contributed by atoms with Crippen molar-refractivity contribution in [3.8, 4) is 0 Å². The highest BCUT2D eigenvalue weighted by Gasteiger charge is 2.28. The standard InChI is InChI=1S/C10H9F2NO2/c11-5-1-6-7(9(12)2-5)3-13-4-8(6)10(14)15/h1-2,8,13H,3-4H2,(H,14,15). The van der Waals surface area contributed by atoms with E-state index in [2.05, 4.69) is 5.32 Å². The molecule has 0 radical (unpaired) electrons. The number of hydrogen-bond donors (Lipinski definition) is 2. The molecule has 0 saturated carbocycles. The third-order valence-corrected chi connectivity index (χ3v) is 2.52. The number of carbonyl (C=O) groups is 1. The van der Waals surface area contributed by atoms with Crippen molar-refractivity contribution in [2.75, 3.05) is 6.54 Å². The third-order valence-electron chi connectivity index (χ3n) is 2.52. The SMILES string of the molecule is O=C(O)C1CNCc2c(F)cc(F)cc21. The molecule has 1 heterocycles. The summed E-state index contributed by atoms with van der Waals surface area (Å²) in [5.41, 5.74) is 0.480. The summed E-state index contributed by atoms with van der Waals surface area (Å²) in [7, 11) is 0. The second-order valence-electron chi connectivity index (χ2n) is 3.48. The van der Waals surface area contributed by atoms with Gasteiger partial charge in [-0.25, -0.2) is 8.78 Å². The second-order valence-corrected chi connectivity index (χ2v) is 3.48. The van der Waals surface area contributed by atoms with Crippen molar-refractivity contribution in [2.45, 2.75) is 12.5 Å². The number of carboxylic acid groups (broad SMARTS) is 1. The molecule has 80 valence electrons. The van der Waals surface area contributed by atoms with Crippen LogP contribution in [0.15, 0.2) is 12.1 Å². The Kier molecular flexibility index (Phi) is 2.40. The zero-order valence-electron chi connectivity index (χ0n) is 7.76. The molecule has 0 fully saturated rings. The van der Waals surface area contributed by atoms with Gasteiger partial charge in [0.2, 0.25) is 0 Å². The van der Waals surface area contributed by atoms with Gasteiger partial charge in [-0.05, 0) is 11.6 Å². The highest BCUT2D eigenvalue weighted by atomic mass is 19.1. The lowest BCUT2D eigenvalue weighted by Crippen LogP contribution is -2.33. The zero-order chi connectivity index (χ0) is 11.0. The minimum atomic E-state index is -1.08. The number of hydrogen-bond acceptors (Lipinski definition) is 2. The molecule has 0 spiro atoms. The molecule has 0 saturated heterocycles. The van der Waals surface area contributed by atoms with Crippen LogP contribution >= 0.6 is 0 Å². The summed E-state index contributed by atoms with van der Waals surface area (Å²) in [6.45, 7) is 0.441. The summed E-state index contributed by atoms with van der Waals surface area (Å²) < 4.78 is 26.2. The molecular formula is C10H9F2NO2. The summed E-state index contributed by atoms with van der Waals surface area (Å²) >= 11 is 0. The quantitative estimate of drug-likeness (QED) is 0.737. The third kappa shape index (κ3) is 1.70. The lowest BCUT2D eigenvalue weighted by Gasteiger charge is -2.23. The minimum Gasteiger partial charge on any atom is -0.481 e. The van der Waals surface area contributed by atoms with E-state index in [4.69, 9.17) is 5.11 Å². The number of carboxylic acids is 1. The monoisotopic (exact) mass is 213 g/mol. The smallest absolute Gasteiger partial charge is 0.312 e. The first-order valence-electron chi connectivity index (χ1n) is 4.51. The molecular weight excluding hydrogens is 204 g/mol. The maximum Gasteiger partial charge on any atom is 0.312 e. The molecule has 3 nitrogen and oxygen atoms in total. The van der Waals surface area contributed by atoms with Gasteiger partial charge in [0.05, 0.1) is 5.92 Å². The Morgan fingerprint density at radius 3 is 2.87 bits per heavy atom. The van der Waals surface area contributed by atoms with E-state index in [0.29, 0.717) is 0 Å². The highest BCUT2D eigenvalue weighted by Crippen LogP contribution is 2.27. The Hall–Kier alpha value is -1.49. The molecule has 1 aromatic carbocycles. The Balaban J connectivity index is 2.55. The van der Waals surface area contributed by atoms with Crippen molar-refractivity contribution in [1.29, 1.82) is 0 Å². The molecule has 2 N–H and O–H groups in total. The average molecular weight is 213 g/mol. The summed E-state index contributed by atoms with van der Waals surface area (Å²) in [5.74, 6) is -3.38. The van der Waals surface area contributed by atoms with Gasteiger partial charge in [0, 0.05) is 24.7 Å². The van der Waals surface area contributed by atoms with Gasteiger partial charge in [0.15, 0.2) is 0 Å². The molecule has 1 aromatic rings. The van der Waals surface area contributed by atoms with Crippen molar-refractivity contribution in [1.82, 2.24) is 5.32 Å². The van der Waals surface area contributed by atoms with Crippen molar-refractivity contribution in [3.05, 3.63) is 34.9 Å². The fourth-order valence-electron chi connectivity index (χ4n) is 1.79. The summed E-state index contributed by atoms with van der Waals surface area (Å²) in [5, 5.41) is 11.7. The summed E-state index contributed by atoms with van der Waals surface area (Å²) in [6, 6.07) is 1.86. The van der Waals surface area contributed by atoms with Crippen LogP contribution in [0.25, 0.3) is 0 Å². The van der Waals surface area contributed by atoms with Gasteiger partial charge in [0.1, 0.15) is 11.6 Å². The molecule has 0 bridgehead atoms. The summed E-state index contributed by atoms with van der Waals surface area (Å²) in [4.78, 5) is 10.9. The van der Waals surface area contributed by atoms with Crippen LogP contribution in [0.1, 0.15) is 17.0 Å². The van der Waals surface area contributed by atoms with Gasteiger partial charge < -0.3 is 10.4 Å². The van der Waals surface area contributed by atoms with Crippen LogP contribution in [0.3, 0.4) is 0 Å². The van der Waals surface area contributed by atoms with Crippen molar-refractivity contribution in [3.63, 3.8) is 0 Å². The lowest BCUT2D eigenvalue weighted by atomic mass is 9.90. The van der Waals surface area contributed by atoms with E-state index >= 15 is 0 Å². The van der Waals surface area contributed by atoms with Crippen LogP contribution in [-0.4, -0.2) is 17.6 Å². The van der Waals surface area contributed by atoms with E-state index < -0.39 is 23.5 Å². The average Bonchev–Trinajstić information content (AvgIpc) is 2.16. The number of nitrogens with one attached hydrogen (secondary N) is 1. The Labute approximate surface area is 84.7 Å². The van der Waals surface area contributed by atoms with Crippen LogP contribution in [0.5, 0.6) is 0 Å². The molecule has 2 rings (SSSR count). The lowest BCUT2D eigenvalue weighted by molar-refractivity contribution is -0.138. The van der Waals surface area contributed by atoms with Crippen LogP contribution in [0.2, 0.25) is 0 Å². The Morgan fingerprint density at radius 2 is 2.20 bits per heavy atom. The van der Waals surface area contributed by atoms with Gasteiger partial charge >= 0.3 is 5.97 Å². The predicted molar refractivity (Wildman–Crippen MR) is 48.4 cm³/mol. The van der Waals surface area contributed by atoms with Gasteiger partial charge in [-0.3, -0.25) is 4.79 Å². The fourth-order valence-corrected chi connectivity index (χ4v) is 1.79. The van der Waals surface area contributed by atoms with Crippen molar-refractivity contribution >= 4 is 5.97 Å². The molecule has 1 unspecified atom stereocenters. The zero-order valence-corrected chi connectivity index (χ0v) is 7.76. The summed E-state index contributed by atoms with van der Waals surface area (Å²) in [6.07, 6.45) is 0. The molecule has 1 aliphatic heterocycles. The van der Waals surface area contributed by atoms with Gasteiger partial charge in [-0.2, -0.15) is 0 Å². The Morgan fingerprint density at radius 1 is 1.47 bits per heavy atom. The molecule has 0 amide bonds. The first kappa shape index (κ1) is 10.0. The number of benzene rings is 1. The molecule has 0 aromatic heterocycles. The number of halogens is 2. The topological polar surface area (TPSA) is 49.3 Å². The van der Waals surface area contributed by atoms with Crippen molar-refractivity contribution < 1.29 is 18.7 Å². The minimum absolute atomic E-state index is 0.200. The molecule has 5 heteroatoms. The van der Waals surface area contributed by atoms with E-state index in [1.165, 1.54) is 0 Å². The van der Waals surface area contributed by atoms with E-state index in [1.807, 2.05) is 0 Å². The van der Waals surface area contributed by atoms with Crippen LogP contribution in [-0.2, 0) is 11.3 Å². The van der Waals surface area contributed by atoms with Gasteiger partial charge in [-0.15, -0.1) is 0 Å². The van der Waals surface area contributed by atoms with Gasteiger partial charge in [-0.1, -0.05) is 0 Å². The van der Waals surface area contributed by atoms with E-state index in [-0.39, 0.29) is 24.2 Å². The number of aliphatic carboxylic acids is 1.